The largest absolute Gasteiger partial charge is 0.435 e. The zero-order chi connectivity index (χ0) is 19.1. The molecule has 1 aromatic heterocycles. The van der Waals surface area contributed by atoms with Gasteiger partial charge >= 0.3 is 6.18 Å². The van der Waals surface area contributed by atoms with E-state index in [0.717, 1.165) is 12.8 Å². The summed E-state index contributed by atoms with van der Waals surface area (Å²) < 4.78 is 40.9. The third kappa shape index (κ3) is 3.91. The Labute approximate surface area is 160 Å². The summed E-state index contributed by atoms with van der Waals surface area (Å²) in [5, 5.41) is 0.197. The van der Waals surface area contributed by atoms with Crippen LogP contribution in [0.25, 0.3) is 11.3 Å². The monoisotopic (exact) mass is 403 g/mol. The van der Waals surface area contributed by atoms with E-state index in [0.29, 0.717) is 13.1 Å². The molecule has 3 rings (SSSR count). The van der Waals surface area contributed by atoms with Crippen molar-refractivity contribution < 1.29 is 13.2 Å². The maximum Gasteiger partial charge on any atom is 0.435 e. The second-order valence-electron chi connectivity index (χ2n) is 7.18. The van der Waals surface area contributed by atoms with Crippen LogP contribution in [0.15, 0.2) is 24.4 Å². The van der Waals surface area contributed by atoms with Crippen LogP contribution in [0.3, 0.4) is 0 Å². The molecule has 26 heavy (non-hydrogen) atoms. The smallest absolute Gasteiger partial charge is 0.355 e. The first-order valence-electron chi connectivity index (χ1n) is 8.22. The van der Waals surface area contributed by atoms with E-state index >= 15 is 0 Å². The van der Waals surface area contributed by atoms with Crippen LogP contribution in [-0.4, -0.2) is 23.1 Å². The Morgan fingerprint density at radius 1 is 1.12 bits per heavy atom. The van der Waals surface area contributed by atoms with Crippen LogP contribution in [-0.2, 0) is 6.18 Å². The zero-order valence-electron chi connectivity index (χ0n) is 14.4. The minimum atomic E-state index is -4.65. The van der Waals surface area contributed by atoms with Gasteiger partial charge in [0.1, 0.15) is 11.5 Å². The summed E-state index contributed by atoms with van der Waals surface area (Å²) in [6, 6.07) is 4.50. The number of halogens is 5. The molecule has 0 unspecified atom stereocenters. The molecule has 0 aliphatic carbocycles. The van der Waals surface area contributed by atoms with Crippen LogP contribution in [0.1, 0.15) is 32.4 Å². The number of rotatable bonds is 2. The molecule has 0 amide bonds. The van der Waals surface area contributed by atoms with E-state index in [4.69, 9.17) is 23.2 Å². The highest BCUT2D eigenvalue weighted by molar-refractivity contribution is 6.43. The predicted molar refractivity (Wildman–Crippen MR) is 97.7 cm³/mol. The molecule has 0 saturated carbocycles. The molecular weight excluding hydrogens is 386 g/mol. The number of piperidine rings is 1. The average molecular weight is 404 g/mol. The molecule has 2 aromatic rings. The van der Waals surface area contributed by atoms with Crippen molar-refractivity contribution in [3.05, 3.63) is 40.1 Å². The summed E-state index contributed by atoms with van der Waals surface area (Å²) in [5.74, 6) is 0.231. The third-order valence-electron chi connectivity index (χ3n) is 4.68. The van der Waals surface area contributed by atoms with Gasteiger partial charge in [0.2, 0.25) is 0 Å². The van der Waals surface area contributed by atoms with Crippen molar-refractivity contribution in [2.45, 2.75) is 32.9 Å². The van der Waals surface area contributed by atoms with E-state index < -0.39 is 11.9 Å². The second-order valence-corrected chi connectivity index (χ2v) is 7.96. The Bertz CT molecular complexity index is 812. The first kappa shape index (κ1) is 19.2. The Kier molecular flexibility index (Phi) is 5.10. The molecule has 0 atom stereocenters. The number of anilines is 1. The van der Waals surface area contributed by atoms with Crippen LogP contribution in [0.4, 0.5) is 19.0 Å². The number of hydrogen-bond acceptors (Lipinski definition) is 3. The molecule has 0 spiro atoms. The summed E-state index contributed by atoms with van der Waals surface area (Å²) in [6.07, 6.45) is -1.50. The minimum absolute atomic E-state index is 0.0291. The maximum absolute atomic E-state index is 13.6. The van der Waals surface area contributed by atoms with Gasteiger partial charge in [-0.25, -0.2) is 4.98 Å². The number of nitrogens with zero attached hydrogens (tertiary/aromatic N) is 3. The molecule has 1 aliphatic heterocycles. The lowest BCUT2D eigenvalue weighted by Crippen LogP contribution is -2.38. The predicted octanol–water partition coefficient (Wildman–Crippen LogP) is 6.10. The van der Waals surface area contributed by atoms with Gasteiger partial charge in [-0.2, -0.15) is 13.2 Å². The SMILES string of the molecule is CC1(C)CCN(c2cnc(-c3cccc(Cl)c3Cl)c(C(F)(F)F)n2)CC1. The first-order chi connectivity index (χ1) is 12.1. The molecule has 1 fully saturated rings. The van der Waals surface area contributed by atoms with Crippen LogP contribution < -0.4 is 4.90 Å². The molecule has 0 radical (unpaired) electrons. The van der Waals surface area contributed by atoms with Gasteiger partial charge in [-0.3, -0.25) is 4.98 Å². The van der Waals surface area contributed by atoms with Crippen LogP contribution in [0.5, 0.6) is 0 Å². The summed E-state index contributed by atoms with van der Waals surface area (Å²) in [5.41, 5.74) is -1.06. The fourth-order valence-corrected chi connectivity index (χ4v) is 3.34. The van der Waals surface area contributed by atoms with Gasteiger partial charge in [0, 0.05) is 18.7 Å². The molecule has 2 heterocycles. The number of hydrogen-bond donors (Lipinski definition) is 0. The van der Waals surface area contributed by atoms with Gasteiger partial charge in [-0.15, -0.1) is 0 Å². The van der Waals surface area contributed by atoms with Crippen LogP contribution >= 0.6 is 23.2 Å². The van der Waals surface area contributed by atoms with Crippen molar-refractivity contribution in [1.29, 1.82) is 0 Å². The molecular formula is C18H18Cl2F3N3. The van der Waals surface area contributed by atoms with Gasteiger partial charge in [-0.1, -0.05) is 49.2 Å². The Morgan fingerprint density at radius 2 is 1.77 bits per heavy atom. The molecule has 1 saturated heterocycles. The van der Waals surface area contributed by atoms with Crippen molar-refractivity contribution in [3.63, 3.8) is 0 Å². The van der Waals surface area contributed by atoms with Gasteiger partial charge in [0.05, 0.1) is 16.2 Å². The lowest BCUT2D eigenvalue weighted by atomic mass is 9.83. The Balaban J connectivity index is 2.04. The average Bonchev–Trinajstić information content (AvgIpc) is 2.56. The van der Waals surface area contributed by atoms with E-state index in [-0.39, 0.29) is 32.5 Å². The highest BCUT2D eigenvalue weighted by Crippen LogP contribution is 2.40. The van der Waals surface area contributed by atoms with E-state index in [1.54, 1.807) is 0 Å². The lowest BCUT2D eigenvalue weighted by molar-refractivity contribution is -0.140. The Morgan fingerprint density at radius 3 is 2.38 bits per heavy atom. The second kappa shape index (κ2) is 6.89. The highest BCUT2D eigenvalue weighted by atomic mass is 35.5. The molecule has 3 nitrogen and oxygen atoms in total. The fourth-order valence-electron chi connectivity index (χ4n) is 2.95. The van der Waals surface area contributed by atoms with Gasteiger partial charge in [0.15, 0.2) is 5.69 Å². The van der Waals surface area contributed by atoms with E-state index in [1.807, 2.05) is 4.90 Å². The number of aromatic nitrogens is 2. The van der Waals surface area contributed by atoms with Crippen molar-refractivity contribution in [2.75, 3.05) is 18.0 Å². The van der Waals surface area contributed by atoms with Crippen molar-refractivity contribution in [3.8, 4) is 11.3 Å². The first-order valence-corrected chi connectivity index (χ1v) is 8.98. The Hall–Kier alpha value is -1.53. The zero-order valence-corrected chi connectivity index (χ0v) is 15.9. The third-order valence-corrected chi connectivity index (χ3v) is 5.49. The maximum atomic E-state index is 13.6. The number of benzene rings is 1. The summed E-state index contributed by atoms with van der Waals surface area (Å²) >= 11 is 12.0. The normalized spacial score (nSPS) is 17.4. The molecule has 0 N–H and O–H groups in total. The molecule has 0 bridgehead atoms. The molecule has 140 valence electrons. The van der Waals surface area contributed by atoms with E-state index in [9.17, 15) is 13.2 Å². The quantitative estimate of drug-likeness (QED) is 0.606. The topological polar surface area (TPSA) is 29.0 Å². The van der Waals surface area contributed by atoms with Crippen molar-refractivity contribution >= 4 is 29.0 Å². The van der Waals surface area contributed by atoms with Gasteiger partial charge < -0.3 is 4.90 Å². The fraction of sp³-hybridized carbons (Fsp3) is 0.444. The summed E-state index contributed by atoms with van der Waals surface area (Å²) in [7, 11) is 0. The van der Waals surface area contributed by atoms with E-state index in [1.165, 1.54) is 24.4 Å². The highest BCUT2D eigenvalue weighted by Gasteiger charge is 2.38. The lowest BCUT2D eigenvalue weighted by Gasteiger charge is -2.37. The van der Waals surface area contributed by atoms with Crippen molar-refractivity contribution in [2.24, 2.45) is 5.41 Å². The van der Waals surface area contributed by atoms with Crippen LogP contribution in [0, 0.1) is 5.41 Å². The van der Waals surface area contributed by atoms with E-state index in [2.05, 4.69) is 23.8 Å². The minimum Gasteiger partial charge on any atom is -0.355 e. The van der Waals surface area contributed by atoms with Crippen molar-refractivity contribution in [1.82, 2.24) is 9.97 Å². The van der Waals surface area contributed by atoms with Gasteiger partial charge in [-0.05, 0) is 24.3 Å². The molecule has 1 aromatic carbocycles. The summed E-state index contributed by atoms with van der Waals surface area (Å²) in [6.45, 7) is 5.61. The molecule has 8 heteroatoms. The standard InChI is InChI=1S/C18H18Cl2F3N3/c1-17(2)6-8-26(9-7-17)13-10-24-15(16(25-13)18(21,22)23)11-4-3-5-12(19)14(11)20/h3-5,10H,6-9H2,1-2H3. The summed E-state index contributed by atoms with van der Waals surface area (Å²) in [4.78, 5) is 9.80. The molecule has 1 aliphatic rings. The van der Waals surface area contributed by atoms with Crippen LogP contribution in [0.2, 0.25) is 10.0 Å². The number of alkyl halides is 3. The van der Waals surface area contributed by atoms with Gasteiger partial charge in [0.25, 0.3) is 0 Å².